The summed E-state index contributed by atoms with van der Waals surface area (Å²) in [7, 11) is 1.67. The molecule has 2 fully saturated rings. The summed E-state index contributed by atoms with van der Waals surface area (Å²) in [5.74, 6) is -1.08. The molecule has 3 atom stereocenters. The number of hydrogen-bond acceptors (Lipinski definition) is 3. The first-order valence-electron chi connectivity index (χ1n) is 6.66. The first-order valence-corrected chi connectivity index (χ1v) is 6.66. The van der Waals surface area contributed by atoms with Crippen LogP contribution < -0.4 is 0 Å². The molecule has 0 bridgehead atoms. The van der Waals surface area contributed by atoms with Gasteiger partial charge in [-0.3, -0.25) is 9.59 Å². The molecule has 18 heavy (non-hydrogen) atoms. The Balaban J connectivity index is 1.91. The van der Waals surface area contributed by atoms with Gasteiger partial charge >= 0.3 is 5.97 Å². The number of carboxylic acids is 1. The summed E-state index contributed by atoms with van der Waals surface area (Å²) in [6, 6.07) is 0. The largest absolute Gasteiger partial charge is 0.481 e. The second-order valence-corrected chi connectivity index (χ2v) is 5.33. The third-order valence-electron chi connectivity index (χ3n) is 4.16. The molecule has 1 amide bonds. The number of carboxylic acid groups (broad SMARTS) is 1. The highest BCUT2D eigenvalue weighted by molar-refractivity contribution is 5.80. The van der Waals surface area contributed by atoms with Crippen molar-refractivity contribution in [2.75, 3.05) is 20.2 Å². The number of nitrogens with zero attached hydrogens (tertiary/aromatic N) is 1. The Morgan fingerprint density at radius 1 is 1.22 bits per heavy atom. The van der Waals surface area contributed by atoms with Gasteiger partial charge in [-0.15, -0.1) is 0 Å². The predicted molar refractivity (Wildman–Crippen MR) is 65.1 cm³/mol. The number of carbonyl (C=O) groups is 2. The van der Waals surface area contributed by atoms with Crippen molar-refractivity contribution in [3.63, 3.8) is 0 Å². The van der Waals surface area contributed by atoms with Crippen molar-refractivity contribution < 1.29 is 19.4 Å². The molecular weight excluding hydrogens is 234 g/mol. The lowest BCUT2D eigenvalue weighted by molar-refractivity contribution is -0.145. The summed E-state index contributed by atoms with van der Waals surface area (Å²) >= 11 is 0. The van der Waals surface area contributed by atoms with E-state index in [-0.39, 0.29) is 23.8 Å². The van der Waals surface area contributed by atoms with Crippen molar-refractivity contribution in [1.29, 1.82) is 0 Å². The van der Waals surface area contributed by atoms with Gasteiger partial charge in [0.15, 0.2) is 0 Å². The molecule has 2 rings (SSSR count). The molecule has 5 heteroatoms. The molecule has 1 heterocycles. The molecule has 0 spiro atoms. The van der Waals surface area contributed by atoms with Gasteiger partial charge in [-0.2, -0.15) is 0 Å². The van der Waals surface area contributed by atoms with Gasteiger partial charge in [0.25, 0.3) is 0 Å². The van der Waals surface area contributed by atoms with Crippen LogP contribution in [0.5, 0.6) is 0 Å². The minimum Gasteiger partial charge on any atom is -0.481 e. The molecule has 1 saturated carbocycles. The minimum atomic E-state index is -0.760. The topological polar surface area (TPSA) is 66.8 Å². The van der Waals surface area contributed by atoms with Crippen LogP contribution in [0, 0.1) is 11.8 Å². The Morgan fingerprint density at radius 3 is 2.56 bits per heavy atom. The van der Waals surface area contributed by atoms with Crippen LogP contribution in [0.4, 0.5) is 0 Å². The zero-order chi connectivity index (χ0) is 13.1. The van der Waals surface area contributed by atoms with Gasteiger partial charge in [-0.1, -0.05) is 6.42 Å². The van der Waals surface area contributed by atoms with Gasteiger partial charge in [-0.05, 0) is 25.7 Å². The Morgan fingerprint density at radius 2 is 1.94 bits per heavy atom. The number of hydrogen-bond donors (Lipinski definition) is 1. The molecule has 2 aliphatic rings. The maximum Gasteiger partial charge on any atom is 0.306 e. The standard InChI is InChI=1S/C13H21NO4/c1-18-11-5-6-14(8-11)12(15)9-3-2-4-10(7-9)13(16)17/h9-11H,2-8H2,1H3,(H,16,17)/t9?,10?,11-/m0/s1. The lowest BCUT2D eigenvalue weighted by Gasteiger charge is -2.29. The normalized spacial score (nSPS) is 32.5. The Hall–Kier alpha value is -1.10. The van der Waals surface area contributed by atoms with Crippen molar-refractivity contribution in [3.8, 4) is 0 Å². The Kier molecular flexibility index (Phi) is 4.22. The summed E-state index contributed by atoms with van der Waals surface area (Å²) in [5, 5.41) is 9.04. The van der Waals surface area contributed by atoms with Crippen LogP contribution in [0.3, 0.4) is 0 Å². The van der Waals surface area contributed by atoms with Crippen molar-refractivity contribution in [2.45, 2.75) is 38.2 Å². The van der Waals surface area contributed by atoms with Crippen LogP contribution in [0.25, 0.3) is 0 Å². The zero-order valence-corrected chi connectivity index (χ0v) is 10.8. The number of amides is 1. The van der Waals surface area contributed by atoms with Crippen LogP contribution in [0.15, 0.2) is 0 Å². The SMILES string of the molecule is CO[C@H]1CCN(C(=O)C2CCCC(C(=O)O)C2)C1. The van der Waals surface area contributed by atoms with E-state index in [0.717, 1.165) is 25.8 Å². The first-order chi connectivity index (χ1) is 8.61. The second-order valence-electron chi connectivity index (χ2n) is 5.33. The summed E-state index contributed by atoms with van der Waals surface area (Å²) < 4.78 is 5.25. The number of likely N-dealkylation sites (tertiary alicyclic amines) is 1. The summed E-state index contributed by atoms with van der Waals surface area (Å²) in [5.41, 5.74) is 0. The van der Waals surface area contributed by atoms with Gasteiger partial charge in [-0.25, -0.2) is 0 Å². The molecule has 102 valence electrons. The average Bonchev–Trinajstić information content (AvgIpc) is 2.86. The molecule has 1 aliphatic carbocycles. The van der Waals surface area contributed by atoms with Gasteiger partial charge in [0, 0.05) is 26.1 Å². The Bertz CT molecular complexity index is 331. The third kappa shape index (κ3) is 2.83. The molecule has 0 radical (unpaired) electrons. The quantitative estimate of drug-likeness (QED) is 0.820. The van der Waals surface area contributed by atoms with E-state index in [1.165, 1.54) is 0 Å². The maximum absolute atomic E-state index is 12.3. The van der Waals surface area contributed by atoms with E-state index >= 15 is 0 Å². The number of methoxy groups -OCH3 is 1. The molecule has 1 N–H and O–H groups in total. The number of carbonyl (C=O) groups excluding carboxylic acids is 1. The first kappa shape index (κ1) is 13.3. The lowest BCUT2D eigenvalue weighted by Crippen LogP contribution is -2.38. The Labute approximate surface area is 107 Å². The van der Waals surface area contributed by atoms with Crippen LogP contribution in [0.1, 0.15) is 32.1 Å². The van der Waals surface area contributed by atoms with E-state index in [4.69, 9.17) is 9.84 Å². The van der Waals surface area contributed by atoms with Gasteiger partial charge < -0.3 is 14.7 Å². The van der Waals surface area contributed by atoms with Crippen LogP contribution in [-0.4, -0.2) is 48.2 Å². The molecule has 0 aromatic carbocycles. The highest BCUT2D eigenvalue weighted by atomic mass is 16.5. The van der Waals surface area contributed by atoms with Crippen molar-refractivity contribution in [1.82, 2.24) is 4.90 Å². The van der Waals surface area contributed by atoms with Crippen molar-refractivity contribution in [2.24, 2.45) is 11.8 Å². The summed E-state index contributed by atoms with van der Waals surface area (Å²) in [6.07, 6.45) is 3.92. The van der Waals surface area contributed by atoms with Gasteiger partial charge in [0.2, 0.25) is 5.91 Å². The number of rotatable bonds is 3. The zero-order valence-electron chi connectivity index (χ0n) is 10.8. The fourth-order valence-corrected chi connectivity index (χ4v) is 3.02. The van der Waals surface area contributed by atoms with E-state index in [9.17, 15) is 9.59 Å². The lowest BCUT2D eigenvalue weighted by atomic mass is 9.81. The van der Waals surface area contributed by atoms with Crippen molar-refractivity contribution >= 4 is 11.9 Å². The monoisotopic (exact) mass is 255 g/mol. The van der Waals surface area contributed by atoms with Crippen LogP contribution in [-0.2, 0) is 14.3 Å². The van der Waals surface area contributed by atoms with E-state index in [1.54, 1.807) is 7.11 Å². The predicted octanol–water partition coefficient (Wildman–Crippen LogP) is 1.12. The molecule has 0 aromatic rings. The summed E-state index contributed by atoms with van der Waals surface area (Å²) in [6.45, 7) is 1.40. The van der Waals surface area contributed by atoms with Crippen LogP contribution >= 0.6 is 0 Å². The van der Waals surface area contributed by atoms with Crippen LogP contribution in [0.2, 0.25) is 0 Å². The smallest absolute Gasteiger partial charge is 0.306 e. The molecule has 5 nitrogen and oxygen atoms in total. The van der Waals surface area contributed by atoms with Gasteiger partial charge in [0.05, 0.1) is 12.0 Å². The highest BCUT2D eigenvalue weighted by Gasteiger charge is 2.35. The second kappa shape index (κ2) is 5.69. The number of aliphatic carboxylic acids is 1. The molecular formula is C13H21NO4. The highest BCUT2D eigenvalue weighted by Crippen LogP contribution is 2.31. The minimum absolute atomic E-state index is 0.101. The third-order valence-corrected chi connectivity index (χ3v) is 4.16. The molecule has 1 saturated heterocycles. The van der Waals surface area contributed by atoms with E-state index in [2.05, 4.69) is 0 Å². The number of ether oxygens (including phenoxy) is 1. The molecule has 0 aromatic heterocycles. The van der Waals surface area contributed by atoms with Gasteiger partial charge in [0.1, 0.15) is 0 Å². The maximum atomic E-state index is 12.3. The molecule has 2 unspecified atom stereocenters. The van der Waals surface area contributed by atoms with E-state index in [1.807, 2.05) is 4.90 Å². The summed E-state index contributed by atoms with van der Waals surface area (Å²) in [4.78, 5) is 25.1. The molecule has 1 aliphatic heterocycles. The average molecular weight is 255 g/mol. The van der Waals surface area contributed by atoms with Crippen molar-refractivity contribution in [3.05, 3.63) is 0 Å². The fraction of sp³-hybridized carbons (Fsp3) is 0.846. The van der Waals surface area contributed by atoms with E-state index < -0.39 is 5.97 Å². The van der Waals surface area contributed by atoms with E-state index in [0.29, 0.717) is 19.4 Å². The fourth-order valence-electron chi connectivity index (χ4n) is 3.02.